The summed E-state index contributed by atoms with van der Waals surface area (Å²) < 4.78 is 18.0. The largest absolute Gasteiger partial charge is 0.487 e. The van der Waals surface area contributed by atoms with Crippen LogP contribution in [0.1, 0.15) is 157 Å². The van der Waals surface area contributed by atoms with Crippen LogP contribution in [0.5, 0.6) is 5.75 Å². The maximum atomic E-state index is 14.3. The Hall–Kier alpha value is -3.48. The number of allylic oxidation sites excluding steroid dienone is 1. The summed E-state index contributed by atoms with van der Waals surface area (Å²) in [6.45, 7) is 24.1. The number of ketones is 1. The predicted octanol–water partition coefficient (Wildman–Crippen LogP) is 9.13. The molecule has 1 aliphatic heterocycles. The molecule has 0 spiro atoms. The highest BCUT2D eigenvalue weighted by Gasteiger charge is 2.71. The summed E-state index contributed by atoms with van der Waals surface area (Å²) >= 11 is 6.29. The lowest BCUT2D eigenvalue weighted by Gasteiger charge is -2.72. The topological polar surface area (TPSA) is 178 Å². The normalized spacial score (nSPS) is 37.8. The number of hydrogen-bond donors (Lipinski definition) is 4. The average Bonchev–Trinajstić information content (AvgIpc) is 3.86. The van der Waals surface area contributed by atoms with Crippen molar-refractivity contribution in [1.29, 1.82) is 0 Å². The number of halogens is 1. The Morgan fingerprint density at radius 3 is 2.25 bits per heavy atom. The number of Topliss-reactive ketones (excluding diaryl/α,β-unsaturated/α-hetero) is 1. The van der Waals surface area contributed by atoms with E-state index in [-0.39, 0.29) is 76.0 Å². The number of rotatable bonds is 12. The number of amides is 2. The van der Waals surface area contributed by atoms with Gasteiger partial charge in [-0.25, -0.2) is 0 Å². The first-order chi connectivity index (χ1) is 31.2. The number of hydrogen-bond acceptors (Lipinski definition) is 9. The summed E-state index contributed by atoms with van der Waals surface area (Å²) in [5.41, 5.74) is -1.10. The van der Waals surface area contributed by atoms with Crippen LogP contribution >= 0.6 is 11.6 Å². The standard InChI is InChI=1S/C54H77ClN2O10/c1-29(2)42-36(58)26-54(40(59)27-56-47(64)50(7,8)57-44(60)32-13-12-30(55)24-37(32)66-31-18-23-65-28-31)22-21-52(10)33(43(42)54)14-15-39-51(9)19-17-41(49(5,6)38(51)16-20-53(39,52)11)67-46(63)35-25-34(45(61)62)48(35,3)4/h12-13,24,29,31,33-35,38-41,59H,14-23,25-28H2,1-11H3,(H,56,64)(H,57,60)(H,61,62)/t31-,33-,34+,35-,38+,39-,40+,41+,51+,52-,53-,54+/m1/s1. The Labute approximate surface area is 402 Å². The number of aliphatic hydroxyl groups excluding tert-OH is 1. The molecule has 1 aromatic carbocycles. The summed E-state index contributed by atoms with van der Waals surface area (Å²) in [6.07, 6.45) is 6.82. The number of aliphatic hydroxyl groups is 1. The zero-order valence-corrected chi connectivity index (χ0v) is 42.6. The summed E-state index contributed by atoms with van der Waals surface area (Å²) in [4.78, 5) is 67.6. The Bertz CT molecular complexity index is 2230. The Balaban J connectivity index is 0.983. The fraction of sp³-hybridized carbons (Fsp3) is 0.759. The van der Waals surface area contributed by atoms with E-state index in [0.29, 0.717) is 55.1 Å². The molecule has 1 saturated heterocycles. The van der Waals surface area contributed by atoms with Gasteiger partial charge in [-0.1, -0.05) is 79.5 Å². The maximum Gasteiger partial charge on any atom is 0.309 e. The molecule has 370 valence electrons. The minimum absolute atomic E-state index is 0.00803. The van der Waals surface area contributed by atoms with Crippen LogP contribution in [0.3, 0.4) is 0 Å². The molecule has 6 aliphatic carbocycles. The van der Waals surface area contributed by atoms with Crippen LogP contribution in [0.4, 0.5) is 0 Å². The van der Waals surface area contributed by atoms with Gasteiger partial charge in [-0.05, 0) is 141 Å². The lowest BCUT2D eigenvalue weighted by atomic mass is 9.33. The zero-order chi connectivity index (χ0) is 49.0. The highest BCUT2D eigenvalue weighted by atomic mass is 35.5. The SMILES string of the molecule is CC(C)C1=C2[C@H]3CC[C@@H]4[C@@]5(C)CC[C@H](OC(=O)[C@H]6C[C@@H](C(=O)O)C6(C)C)C(C)(C)[C@@H]5CC[C@@]4(C)[C@]3(C)CC[C@@]2([C@@H](O)CNC(=O)C(C)(C)NC(=O)c2ccc(Cl)cc2O[C@@H]2CCOC2)CC1=O. The highest BCUT2D eigenvalue weighted by molar-refractivity contribution is 6.30. The number of carbonyl (C=O) groups excluding carboxylic acids is 4. The van der Waals surface area contributed by atoms with Crippen molar-refractivity contribution in [2.24, 2.45) is 68.0 Å². The van der Waals surface area contributed by atoms with Crippen molar-refractivity contribution in [3.05, 3.63) is 39.9 Å². The molecule has 4 N–H and O–H groups in total. The van der Waals surface area contributed by atoms with Crippen molar-refractivity contribution in [1.82, 2.24) is 10.6 Å². The van der Waals surface area contributed by atoms with Gasteiger partial charge >= 0.3 is 11.9 Å². The van der Waals surface area contributed by atoms with Crippen LogP contribution in [-0.2, 0) is 28.7 Å². The van der Waals surface area contributed by atoms with Crippen molar-refractivity contribution in [3.63, 3.8) is 0 Å². The smallest absolute Gasteiger partial charge is 0.309 e. The molecule has 8 rings (SSSR count). The van der Waals surface area contributed by atoms with Gasteiger partial charge in [0.1, 0.15) is 23.5 Å². The molecule has 0 bridgehead atoms. The first-order valence-electron chi connectivity index (χ1n) is 25.2. The van der Waals surface area contributed by atoms with Crippen molar-refractivity contribution >= 4 is 41.1 Å². The third kappa shape index (κ3) is 7.88. The van der Waals surface area contributed by atoms with Crippen LogP contribution in [0.15, 0.2) is 29.3 Å². The van der Waals surface area contributed by atoms with Crippen LogP contribution in [0.25, 0.3) is 0 Å². The van der Waals surface area contributed by atoms with Gasteiger partial charge in [0.2, 0.25) is 5.91 Å². The van der Waals surface area contributed by atoms with E-state index in [2.05, 4.69) is 59.1 Å². The van der Waals surface area contributed by atoms with Crippen molar-refractivity contribution in [2.45, 2.75) is 171 Å². The van der Waals surface area contributed by atoms with E-state index in [1.165, 1.54) is 0 Å². The average molecular weight is 950 g/mol. The molecule has 12 nitrogen and oxygen atoms in total. The Morgan fingerprint density at radius 2 is 1.61 bits per heavy atom. The lowest BCUT2D eigenvalue weighted by Crippen LogP contribution is -2.66. The van der Waals surface area contributed by atoms with Crippen LogP contribution in [0.2, 0.25) is 5.02 Å². The van der Waals surface area contributed by atoms with Crippen LogP contribution < -0.4 is 15.4 Å². The molecule has 0 unspecified atom stereocenters. The lowest BCUT2D eigenvalue weighted by molar-refractivity contribution is -0.238. The molecule has 13 heteroatoms. The van der Waals surface area contributed by atoms with Crippen LogP contribution in [0, 0.1) is 68.0 Å². The second kappa shape index (κ2) is 17.1. The molecule has 6 fully saturated rings. The van der Waals surface area contributed by atoms with Gasteiger partial charge in [0.15, 0.2) is 5.78 Å². The molecule has 0 aromatic heterocycles. The molecular weight excluding hydrogens is 872 g/mol. The van der Waals surface area contributed by atoms with Gasteiger partial charge in [-0.3, -0.25) is 24.0 Å². The summed E-state index contributed by atoms with van der Waals surface area (Å²) in [5, 5.41) is 28.4. The fourth-order valence-corrected chi connectivity index (χ4v) is 16.0. The number of ether oxygens (including phenoxy) is 3. The number of carboxylic acid groups (broad SMARTS) is 1. The van der Waals surface area contributed by atoms with E-state index in [9.17, 15) is 34.2 Å². The van der Waals surface area contributed by atoms with E-state index in [1.54, 1.807) is 32.0 Å². The van der Waals surface area contributed by atoms with Gasteiger partial charge in [-0.15, -0.1) is 0 Å². The van der Waals surface area contributed by atoms with E-state index in [0.717, 1.165) is 56.1 Å². The Morgan fingerprint density at radius 1 is 0.896 bits per heavy atom. The van der Waals surface area contributed by atoms with Gasteiger partial charge in [0.25, 0.3) is 5.91 Å². The number of nitrogens with one attached hydrogen (secondary N) is 2. The first-order valence-corrected chi connectivity index (χ1v) is 25.6. The van der Waals surface area contributed by atoms with Crippen LogP contribution in [-0.4, -0.2) is 83.4 Å². The molecule has 5 saturated carbocycles. The number of esters is 1. The van der Waals surface area contributed by atoms with E-state index < -0.39 is 52.1 Å². The molecule has 1 aromatic rings. The zero-order valence-electron chi connectivity index (χ0n) is 41.9. The first kappa shape index (κ1) is 49.9. The minimum Gasteiger partial charge on any atom is -0.487 e. The molecule has 1 heterocycles. The minimum atomic E-state index is -1.36. The monoisotopic (exact) mass is 949 g/mol. The molecule has 0 radical (unpaired) electrons. The maximum absolute atomic E-state index is 14.3. The number of benzene rings is 1. The summed E-state index contributed by atoms with van der Waals surface area (Å²) in [6, 6.07) is 4.78. The molecule has 7 aliphatic rings. The predicted molar refractivity (Wildman–Crippen MR) is 254 cm³/mol. The van der Waals surface area contributed by atoms with Crippen molar-refractivity contribution in [3.8, 4) is 5.75 Å². The molecule has 12 atom stereocenters. The number of carbonyl (C=O) groups is 5. The van der Waals surface area contributed by atoms with Gasteiger partial charge in [0, 0.05) is 35.2 Å². The number of carboxylic acids is 1. The quantitative estimate of drug-likeness (QED) is 0.148. The summed E-state index contributed by atoms with van der Waals surface area (Å²) in [7, 11) is 0. The van der Waals surface area contributed by atoms with Gasteiger partial charge in [0.05, 0.1) is 36.7 Å². The third-order valence-electron chi connectivity index (χ3n) is 20.0. The Kier molecular flexibility index (Phi) is 12.8. The number of fused-ring (bicyclic) bond motifs is 7. The van der Waals surface area contributed by atoms with Crippen molar-refractivity contribution < 1.29 is 48.4 Å². The van der Waals surface area contributed by atoms with E-state index in [1.807, 2.05) is 13.8 Å². The highest BCUT2D eigenvalue weighted by Crippen LogP contribution is 2.77. The second-order valence-corrected chi connectivity index (χ2v) is 25.1. The van der Waals surface area contributed by atoms with Gasteiger partial charge < -0.3 is 35.1 Å². The third-order valence-corrected chi connectivity index (χ3v) is 20.2. The molecular formula is C54H77ClN2O10. The molecule has 67 heavy (non-hydrogen) atoms. The van der Waals surface area contributed by atoms with Crippen molar-refractivity contribution in [2.75, 3.05) is 19.8 Å². The summed E-state index contributed by atoms with van der Waals surface area (Å²) in [5.74, 6) is -1.84. The van der Waals surface area contributed by atoms with E-state index in [4.69, 9.17) is 25.8 Å². The second-order valence-electron chi connectivity index (χ2n) is 24.7. The van der Waals surface area contributed by atoms with Gasteiger partial charge in [-0.2, -0.15) is 0 Å². The van der Waals surface area contributed by atoms with E-state index >= 15 is 0 Å². The fourth-order valence-electron chi connectivity index (χ4n) is 15.8. The molecule has 2 amide bonds. The number of aliphatic carboxylic acids is 1.